The van der Waals surface area contributed by atoms with E-state index < -0.39 is 0 Å². The van der Waals surface area contributed by atoms with Gasteiger partial charge in [0.2, 0.25) is 0 Å². The van der Waals surface area contributed by atoms with Crippen molar-refractivity contribution < 1.29 is 4.79 Å². The molecule has 0 amide bonds. The number of hydrogen-bond donors (Lipinski definition) is 0. The van der Waals surface area contributed by atoms with Crippen LogP contribution in [-0.2, 0) is 11.2 Å². The zero-order valence-electron chi connectivity index (χ0n) is 10.2. The van der Waals surface area contributed by atoms with Crippen molar-refractivity contribution in [1.82, 2.24) is 0 Å². The Morgan fingerprint density at radius 1 is 1.24 bits per heavy atom. The minimum absolute atomic E-state index is 0.273. The number of carbonyl (C=O) groups is 1. The van der Waals surface area contributed by atoms with E-state index in [9.17, 15) is 4.79 Å². The van der Waals surface area contributed by atoms with Crippen molar-refractivity contribution in [2.75, 3.05) is 0 Å². The largest absolute Gasteiger partial charge is 0.298 e. The van der Waals surface area contributed by atoms with Crippen LogP contribution >= 0.6 is 0 Å². The number of carbonyl (C=O) groups excluding carboxylic acids is 1. The molecule has 17 heavy (non-hydrogen) atoms. The van der Waals surface area contributed by atoms with Crippen molar-refractivity contribution in [2.24, 2.45) is 5.41 Å². The van der Waals surface area contributed by atoms with E-state index in [2.05, 4.69) is 19.1 Å². The number of allylic oxidation sites excluding steroid dienone is 4. The average molecular weight is 226 g/mol. The summed E-state index contributed by atoms with van der Waals surface area (Å²) in [7, 11) is 0. The first-order valence-electron chi connectivity index (χ1n) is 6.18. The Hall–Kier alpha value is -1.63. The Labute approximate surface area is 103 Å². The van der Waals surface area contributed by atoms with Crippen molar-refractivity contribution in [3.8, 4) is 0 Å². The van der Waals surface area contributed by atoms with Crippen LogP contribution in [0.4, 0.5) is 0 Å². The summed E-state index contributed by atoms with van der Waals surface area (Å²) in [5, 5.41) is 0. The van der Waals surface area contributed by atoms with E-state index in [-0.39, 0.29) is 5.41 Å². The lowest BCUT2D eigenvalue weighted by atomic mass is 9.74. The molecule has 1 unspecified atom stereocenters. The summed E-state index contributed by atoms with van der Waals surface area (Å²) in [6.45, 7) is 2.09. The second kappa shape index (κ2) is 5.13. The second-order valence-corrected chi connectivity index (χ2v) is 4.59. The number of Topliss-reactive ketones (excluding diaryl/α,β-unsaturated/α-hetero) is 1. The zero-order chi connectivity index (χ0) is 12.1. The average Bonchev–Trinajstić information content (AvgIpc) is 2.40. The van der Waals surface area contributed by atoms with Crippen LogP contribution in [0.3, 0.4) is 0 Å². The molecule has 0 fully saturated rings. The van der Waals surface area contributed by atoms with Gasteiger partial charge in [-0.25, -0.2) is 0 Å². The van der Waals surface area contributed by atoms with Crippen LogP contribution in [0.2, 0.25) is 0 Å². The van der Waals surface area contributed by atoms with Crippen LogP contribution < -0.4 is 0 Å². The molecule has 0 radical (unpaired) electrons. The lowest BCUT2D eigenvalue weighted by Gasteiger charge is -2.28. The maximum absolute atomic E-state index is 12.4. The third kappa shape index (κ3) is 2.55. The molecule has 88 valence electrons. The molecule has 1 heteroatoms. The molecule has 0 aliphatic heterocycles. The van der Waals surface area contributed by atoms with Gasteiger partial charge in [0.05, 0.1) is 5.41 Å². The van der Waals surface area contributed by atoms with Gasteiger partial charge in [-0.2, -0.15) is 0 Å². The molecule has 0 spiro atoms. The summed E-state index contributed by atoms with van der Waals surface area (Å²) in [4.78, 5) is 12.4. The fourth-order valence-electron chi connectivity index (χ4n) is 2.29. The molecule has 0 N–H and O–H groups in total. The van der Waals surface area contributed by atoms with Gasteiger partial charge >= 0.3 is 0 Å². The van der Waals surface area contributed by atoms with Gasteiger partial charge < -0.3 is 0 Å². The Morgan fingerprint density at radius 3 is 2.59 bits per heavy atom. The van der Waals surface area contributed by atoms with Crippen LogP contribution in [0.15, 0.2) is 54.6 Å². The van der Waals surface area contributed by atoms with Crippen LogP contribution in [0, 0.1) is 5.41 Å². The molecule has 1 atom stereocenters. The zero-order valence-corrected chi connectivity index (χ0v) is 10.2. The third-order valence-corrected chi connectivity index (χ3v) is 3.54. The molecular weight excluding hydrogens is 208 g/mol. The number of rotatable bonds is 4. The van der Waals surface area contributed by atoms with Gasteiger partial charge in [-0.05, 0) is 18.4 Å². The van der Waals surface area contributed by atoms with Crippen molar-refractivity contribution in [1.29, 1.82) is 0 Å². The van der Waals surface area contributed by atoms with E-state index in [4.69, 9.17) is 0 Å². The number of ketones is 1. The highest BCUT2D eigenvalue weighted by atomic mass is 16.1. The van der Waals surface area contributed by atoms with E-state index >= 15 is 0 Å². The van der Waals surface area contributed by atoms with E-state index in [0.29, 0.717) is 12.2 Å². The Balaban J connectivity index is 2.14. The highest BCUT2D eigenvalue weighted by molar-refractivity contribution is 5.89. The highest BCUT2D eigenvalue weighted by Gasteiger charge is 2.32. The molecular formula is C16H18O. The lowest BCUT2D eigenvalue weighted by Crippen LogP contribution is -2.30. The maximum atomic E-state index is 12.4. The molecule has 1 aromatic carbocycles. The van der Waals surface area contributed by atoms with Crippen molar-refractivity contribution in [2.45, 2.75) is 26.2 Å². The minimum Gasteiger partial charge on any atom is -0.298 e. The third-order valence-electron chi connectivity index (χ3n) is 3.54. The molecule has 0 saturated carbocycles. The topological polar surface area (TPSA) is 17.1 Å². The molecule has 1 aliphatic rings. The smallest absolute Gasteiger partial charge is 0.147 e. The second-order valence-electron chi connectivity index (χ2n) is 4.59. The first kappa shape index (κ1) is 11.8. The normalized spacial score (nSPS) is 22.6. The fraction of sp³-hybridized carbons (Fsp3) is 0.312. The van der Waals surface area contributed by atoms with Gasteiger partial charge in [0.15, 0.2) is 0 Å². The summed E-state index contributed by atoms with van der Waals surface area (Å²) in [5.41, 5.74) is 0.832. The summed E-state index contributed by atoms with van der Waals surface area (Å²) in [6, 6.07) is 9.98. The monoisotopic (exact) mass is 226 g/mol. The molecule has 0 aromatic heterocycles. The van der Waals surface area contributed by atoms with Gasteiger partial charge in [0.25, 0.3) is 0 Å². The van der Waals surface area contributed by atoms with Crippen LogP contribution in [-0.4, -0.2) is 5.78 Å². The van der Waals surface area contributed by atoms with Crippen LogP contribution in [0.25, 0.3) is 0 Å². The lowest BCUT2D eigenvalue weighted by molar-refractivity contribution is -0.125. The number of benzene rings is 1. The van der Waals surface area contributed by atoms with Crippen molar-refractivity contribution >= 4 is 5.78 Å². The minimum atomic E-state index is -0.273. The van der Waals surface area contributed by atoms with Crippen LogP contribution in [0.1, 0.15) is 25.3 Å². The summed E-state index contributed by atoms with van der Waals surface area (Å²) in [6.07, 6.45) is 10.4. The standard InChI is InChI=1S/C16H18O/c1-2-16(11-7-4-8-12-16)15(17)13-14-9-5-3-6-10-14/h3-11H,2,12-13H2,1H3. The van der Waals surface area contributed by atoms with E-state index in [1.165, 1.54) is 0 Å². The molecule has 0 bridgehead atoms. The fourth-order valence-corrected chi connectivity index (χ4v) is 2.29. The SMILES string of the molecule is CCC1(C(=O)Cc2ccccc2)C=CC=CC1. The Kier molecular flexibility index (Phi) is 3.58. The summed E-state index contributed by atoms with van der Waals surface area (Å²) >= 11 is 0. The van der Waals surface area contributed by atoms with Crippen molar-refractivity contribution in [3.63, 3.8) is 0 Å². The van der Waals surface area contributed by atoms with Gasteiger partial charge in [-0.3, -0.25) is 4.79 Å². The van der Waals surface area contributed by atoms with Crippen LogP contribution in [0.5, 0.6) is 0 Å². The molecule has 2 rings (SSSR count). The molecule has 1 aliphatic carbocycles. The summed E-state index contributed by atoms with van der Waals surface area (Å²) in [5.74, 6) is 0.326. The maximum Gasteiger partial charge on any atom is 0.147 e. The van der Waals surface area contributed by atoms with E-state index in [1.807, 2.05) is 42.5 Å². The van der Waals surface area contributed by atoms with Gasteiger partial charge in [0.1, 0.15) is 5.78 Å². The quantitative estimate of drug-likeness (QED) is 0.765. The van der Waals surface area contributed by atoms with Crippen molar-refractivity contribution in [3.05, 3.63) is 60.2 Å². The van der Waals surface area contributed by atoms with E-state index in [1.54, 1.807) is 0 Å². The van der Waals surface area contributed by atoms with Gasteiger partial charge in [0, 0.05) is 6.42 Å². The molecule has 0 heterocycles. The first-order valence-corrected chi connectivity index (χ1v) is 6.18. The van der Waals surface area contributed by atoms with E-state index in [0.717, 1.165) is 18.4 Å². The predicted octanol–water partition coefficient (Wildman–Crippen LogP) is 3.71. The summed E-state index contributed by atoms with van der Waals surface area (Å²) < 4.78 is 0. The molecule has 1 nitrogen and oxygen atoms in total. The molecule has 0 saturated heterocycles. The molecule has 1 aromatic rings. The Morgan fingerprint density at radius 2 is 2.00 bits per heavy atom. The highest BCUT2D eigenvalue weighted by Crippen LogP contribution is 2.33. The number of hydrogen-bond acceptors (Lipinski definition) is 1. The Bertz CT molecular complexity index is 442. The predicted molar refractivity (Wildman–Crippen MR) is 70.8 cm³/mol. The van der Waals surface area contributed by atoms with Gasteiger partial charge in [-0.1, -0.05) is 61.6 Å². The van der Waals surface area contributed by atoms with Gasteiger partial charge in [-0.15, -0.1) is 0 Å². The first-order chi connectivity index (χ1) is 8.27.